The van der Waals surface area contributed by atoms with Gasteiger partial charge >= 0.3 is 5.97 Å². The van der Waals surface area contributed by atoms with Crippen LogP contribution in [-0.4, -0.2) is 44.5 Å². The van der Waals surface area contributed by atoms with Gasteiger partial charge in [-0.1, -0.05) is 74.1 Å². The molecule has 0 saturated heterocycles. The SMILES string of the molecule is CC(C)C(C)(C#N)NC(=O)COC(=O)CSc1nnc(-c2ccccc2)n1-c1ccccc1. The van der Waals surface area contributed by atoms with E-state index in [0.29, 0.717) is 11.0 Å². The van der Waals surface area contributed by atoms with Gasteiger partial charge in [-0.05, 0) is 25.0 Å². The van der Waals surface area contributed by atoms with E-state index in [1.165, 1.54) is 11.8 Å². The van der Waals surface area contributed by atoms with Gasteiger partial charge in [0, 0.05) is 11.3 Å². The minimum Gasteiger partial charge on any atom is -0.455 e. The Morgan fingerprint density at radius 3 is 2.36 bits per heavy atom. The third-order valence-corrected chi connectivity index (χ3v) is 6.05. The maximum Gasteiger partial charge on any atom is 0.316 e. The zero-order valence-electron chi connectivity index (χ0n) is 18.7. The highest BCUT2D eigenvalue weighted by molar-refractivity contribution is 7.99. The summed E-state index contributed by atoms with van der Waals surface area (Å²) in [7, 11) is 0. The molecular weight excluding hydrogens is 438 g/mol. The third kappa shape index (κ3) is 5.99. The van der Waals surface area contributed by atoms with E-state index in [-0.39, 0.29) is 11.7 Å². The number of aromatic nitrogens is 3. The average Bonchev–Trinajstić information content (AvgIpc) is 3.26. The monoisotopic (exact) mass is 463 g/mol. The standard InChI is InChI=1S/C24H25N5O3S/c1-17(2)24(3,16-25)26-20(30)14-32-21(31)15-33-23-28-27-22(18-10-6-4-7-11-18)29(23)19-12-8-5-9-13-19/h4-13,17H,14-15H2,1-3H3,(H,26,30). The van der Waals surface area contributed by atoms with Crippen LogP contribution >= 0.6 is 11.8 Å². The van der Waals surface area contributed by atoms with Crippen molar-refractivity contribution in [2.45, 2.75) is 31.5 Å². The Bertz CT molecular complexity index is 1140. The first-order chi connectivity index (χ1) is 15.8. The topological polar surface area (TPSA) is 110 Å². The summed E-state index contributed by atoms with van der Waals surface area (Å²) in [6.45, 7) is 4.84. The van der Waals surface area contributed by atoms with Crippen molar-refractivity contribution in [3.05, 3.63) is 60.7 Å². The maximum atomic E-state index is 12.3. The van der Waals surface area contributed by atoms with E-state index in [0.717, 1.165) is 11.3 Å². The van der Waals surface area contributed by atoms with Crippen LogP contribution in [0.1, 0.15) is 20.8 Å². The number of hydrogen-bond donors (Lipinski definition) is 1. The van der Waals surface area contributed by atoms with Crippen LogP contribution in [0.4, 0.5) is 0 Å². The average molecular weight is 464 g/mol. The Hall–Kier alpha value is -3.64. The highest BCUT2D eigenvalue weighted by atomic mass is 32.2. The molecule has 2 aromatic carbocycles. The number of nitrogens with zero attached hydrogens (tertiary/aromatic N) is 4. The van der Waals surface area contributed by atoms with Crippen molar-refractivity contribution < 1.29 is 14.3 Å². The summed E-state index contributed by atoms with van der Waals surface area (Å²) >= 11 is 1.17. The minimum atomic E-state index is -1.03. The van der Waals surface area contributed by atoms with Gasteiger partial charge < -0.3 is 10.1 Å². The number of hydrogen-bond acceptors (Lipinski definition) is 7. The fraction of sp³-hybridized carbons (Fsp3) is 0.292. The van der Waals surface area contributed by atoms with Gasteiger partial charge in [-0.3, -0.25) is 14.2 Å². The summed E-state index contributed by atoms with van der Waals surface area (Å²) < 4.78 is 6.97. The van der Waals surface area contributed by atoms with Crippen molar-refractivity contribution in [3.8, 4) is 23.1 Å². The quantitative estimate of drug-likeness (QED) is 0.381. The van der Waals surface area contributed by atoms with E-state index in [4.69, 9.17) is 4.74 Å². The number of thioether (sulfide) groups is 1. The van der Waals surface area contributed by atoms with Crippen LogP contribution in [0.15, 0.2) is 65.8 Å². The highest BCUT2D eigenvalue weighted by Crippen LogP contribution is 2.27. The molecule has 1 N–H and O–H groups in total. The second kappa shape index (κ2) is 10.8. The van der Waals surface area contributed by atoms with Crippen molar-refractivity contribution in [1.29, 1.82) is 5.26 Å². The van der Waals surface area contributed by atoms with Gasteiger partial charge in [-0.25, -0.2) is 0 Å². The van der Waals surface area contributed by atoms with Crippen LogP contribution in [-0.2, 0) is 14.3 Å². The molecule has 1 aromatic heterocycles. The molecule has 0 spiro atoms. The Morgan fingerprint density at radius 2 is 1.76 bits per heavy atom. The van der Waals surface area contributed by atoms with Gasteiger partial charge in [0.15, 0.2) is 17.6 Å². The van der Waals surface area contributed by atoms with Gasteiger partial charge in [-0.2, -0.15) is 5.26 Å². The molecule has 0 saturated carbocycles. The fourth-order valence-electron chi connectivity index (χ4n) is 2.89. The van der Waals surface area contributed by atoms with Gasteiger partial charge in [0.05, 0.1) is 11.8 Å². The summed E-state index contributed by atoms with van der Waals surface area (Å²) in [6, 6.07) is 21.4. The Balaban J connectivity index is 1.67. The number of nitriles is 1. The van der Waals surface area contributed by atoms with Crippen LogP contribution in [0.2, 0.25) is 0 Å². The van der Waals surface area contributed by atoms with E-state index in [9.17, 15) is 14.9 Å². The van der Waals surface area contributed by atoms with Gasteiger partial charge in [0.1, 0.15) is 5.54 Å². The lowest BCUT2D eigenvalue weighted by Gasteiger charge is -2.27. The van der Waals surface area contributed by atoms with Gasteiger partial charge in [0.25, 0.3) is 5.91 Å². The van der Waals surface area contributed by atoms with Crippen molar-refractivity contribution in [2.75, 3.05) is 12.4 Å². The number of amides is 1. The Labute approximate surface area is 197 Å². The summed E-state index contributed by atoms with van der Waals surface area (Å²) in [6.07, 6.45) is 0. The second-order valence-electron chi connectivity index (χ2n) is 7.81. The molecule has 8 nitrogen and oxygen atoms in total. The van der Waals surface area contributed by atoms with Crippen molar-refractivity contribution in [3.63, 3.8) is 0 Å². The highest BCUT2D eigenvalue weighted by Gasteiger charge is 2.30. The molecule has 9 heteroatoms. The van der Waals surface area contributed by atoms with Gasteiger partial charge in [-0.15, -0.1) is 10.2 Å². The van der Waals surface area contributed by atoms with E-state index in [1.807, 2.05) is 79.1 Å². The Kier molecular flexibility index (Phi) is 7.85. The zero-order valence-corrected chi connectivity index (χ0v) is 19.5. The number of para-hydroxylation sites is 1. The molecule has 33 heavy (non-hydrogen) atoms. The summed E-state index contributed by atoms with van der Waals surface area (Å²) in [5.41, 5.74) is 0.727. The van der Waals surface area contributed by atoms with Gasteiger partial charge in [0.2, 0.25) is 0 Å². The normalized spacial score (nSPS) is 12.6. The molecule has 170 valence electrons. The first-order valence-corrected chi connectivity index (χ1v) is 11.4. The molecule has 0 bridgehead atoms. The van der Waals surface area contributed by atoms with Crippen LogP contribution < -0.4 is 5.32 Å². The molecular formula is C24H25N5O3S. The smallest absolute Gasteiger partial charge is 0.316 e. The lowest BCUT2D eigenvalue weighted by molar-refractivity contribution is -0.146. The number of carbonyl (C=O) groups is 2. The molecule has 1 heterocycles. The number of rotatable bonds is 9. The fourth-order valence-corrected chi connectivity index (χ4v) is 3.64. The van der Waals surface area contributed by atoms with E-state index >= 15 is 0 Å². The van der Waals surface area contributed by atoms with Crippen LogP contribution in [0.3, 0.4) is 0 Å². The number of ether oxygens (including phenoxy) is 1. The molecule has 0 fully saturated rings. The molecule has 1 atom stereocenters. The molecule has 3 aromatic rings. The third-order valence-electron chi connectivity index (χ3n) is 5.15. The lowest BCUT2D eigenvalue weighted by Crippen LogP contribution is -2.50. The summed E-state index contributed by atoms with van der Waals surface area (Å²) in [4.78, 5) is 24.4. The van der Waals surface area contributed by atoms with E-state index < -0.39 is 24.0 Å². The first kappa shape index (κ1) is 24.0. The van der Waals surface area contributed by atoms with Crippen LogP contribution in [0, 0.1) is 17.2 Å². The minimum absolute atomic E-state index is 0.0489. The van der Waals surface area contributed by atoms with Crippen LogP contribution in [0.5, 0.6) is 0 Å². The predicted molar refractivity (Wildman–Crippen MR) is 125 cm³/mol. The molecule has 0 aliphatic heterocycles. The number of nitrogens with one attached hydrogen (secondary N) is 1. The van der Waals surface area contributed by atoms with Crippen molar-refractivity contribution in [2.24, 2.45) is 5.92 Å². The second-order valence-corrected chi connectivity index (χ2v) is 8.75. The van der Waals surface area contributed by atoms with Crippen LogP contribution in [0.25, 0.3) is 17.1 Å². The largest absolute Gasteiger partial charge is 0.455 e. The summed E-state index contributed by atoms with van der Waals surface area (Å²) in [5, 5.41) is 21.0. The summed E-state index contributed by atoms with van der Waals surface area (Å²) in [5.74, 6) is -0.582. The molecule has 0 aliphatic rings. The lowest BCUT2D eigenvalue weighted by atomic mass is 9.90. The number of carbonyl (C=O) groups excluding carboxylic acids is 2. The van der Waals surface area contributed by atoms with Crippen molar-refractivity contribution in [1.82, 2.24) is 20.1 Å². The molecule has 1 amide bonds. The first-order valence-electron chi connectivity index (χ1n) is 10.4. The predicted octanol–water partition coefficient (Wildman–Crippen LogP) is 3.62. The number of benzene rings is 2. The zero-order chi connectivity index (χ0) is 23.8. The maximum absolute atomic E-state index is 12.3. The van der Waals surface area contributed by atoms with E-state index in [2.05, 4.69) is 21.6 Å². The molecule has 0 aliphatic carbocycles. The molecule has 1 unspecified atom stereocenters. The Morgan fingerprint density at radius 1 is 1.12 bits per heavy atom. The van der Waals surface area contributed by atoms with Crippen molar-refractivity contribution >= 4 is 23.6 Å². The molecule has 0 radical (unpaired) electrons. The number of esters is 1. The molecule has 3 rings (SSSR count). The van der Waals surface area contributed by atoms with E-state index in [1.54, 1.807) is 6.92 Å².